The van der Waals surface area contributed by atoms with E-state index in [2.05, 4.69) is 30.9 Å². The second-order valence-electron chi connectivity index (χ2n) is 6.41. The molecule has 0 radical (unpaired) electrons. The summed E-state index contributed by atoms with van der Waals surface area (Å²) in [5, 5.41) is 2.35. The van der Waals surface area contributed by atoms with Gasteiger partial charge >= 0.3 is 5.97 Å². The van der Waals surface area contributed by atoms with E-state index in [-0.39, 0.29) is 5.97 Å². The largest absolute Gasteiger partial charge is 0.457 e. The van der Waals surface area contributed by atoms with Crippen LogP contribution in [0.5, 0.6) is 0 Å². The van der Waals surface area contributed by atoms with Crippen molar-refractivity contribution < 1.29 is 9.53 Å². The lowest BCUT2D eigenvalue weighted by atomic mass is 10.2. The molecule has 0 fully saturated rings. The molecule has 2 nitrogen and oxygen atoms in total. The monoisotopic (exact) mass is 314 g/mol. The molecular formula is C19H23O2P. The lowest BCUT2D eigenvalue weighted by Gasteiger charge is -2.24. The molecule has 2 rings (SSSR count). The van der Waals surface area contributed by atoms with Gasteiger partial charge in [-0.25, -0.2) is 4.79 Å². The van der Waals surface area contributed by atoms with E-state index in [9.17, 15) is 4.79 Å². The molecule has 0 N–H and O–H groups in total. The standard InChI is InChI=1S/C19H23O2P/c1-19(2,3)21-18(20)15-22(4,16-11-7-5-8-12-16)17-13-9-6-10-14-17/h5-15H,1-4H3. The molecule has 0 aliphatic rings. The smallest absolute Gasteiger partial charge is 0.332 e. The van der Waals surface area contributed by atoms with Gasteiger partial charge in [-0.15, -0.1) is 0 Å². The second kappa shape index (κ2) is 6.54. The lowest BCUT2D eigenvalue weighted by Crippen LogP contribution is -2.27. The highest BCUT2D eigenvalue weighted by Crippen LogP contribution is 2.40. The molecule has 0 saturated carbocycles. The first-order chi connectivity index (χ1) is 10.3. The van der Waals surface area contributed by atoms with Crippen molar-refractivity contribution in [2.24, 2.45) is 0 Å². The molecule has 0 saturated heterocycles. The third kappa shape index (κ3) is 4.11. The Morgan fingerprint density at radius 3 is 1.68 bits per heavy atom. The highest BCUT2D eigenvalue weighted by Gasteiger charge is 2.21. The van der Waals surface area contributed by atoms with E-state index in [0.29, 0.717) is 0 Å². The molecular weight excluding hydrogens is 291 g/mol. The Morgan fingerprint density at radius 1 is 0.909 bits per heavy atom. The van der Waals surface area contributed by atoms with Crippen molar-refractivity contribution in [2.45, 2.75) is 26.4 Å². The van der Waals surface area contributed by atoms with Crippen molar-refractivity contribution in [3.05, 3.63) is 60.7 Å². The number of ether oxygens (including phenoxy) is 1. The Hall–Kier alpha value is -1.79. The Morgan fingerprint density at radius 2 is 1.32 bits per heavy atom. The minimum absolute atomic E-state index is 0.254. The van der Waals surface area contributed by atoms with Gasteiger partial charge in [0.25, 0.3) is 0 Å². The number of esters is 1. The molecule has 0 heterocycles. The number of rotatable bonds is 3. The third-order valence-corrected chi connectivity index (χ3v) is 6.82. The highest BCUT2D eigenvalue weighted by molar-refractivity contribution is 7.88. The minimum atomic E-state index is -1.92. The maximum Gasteiger partial charge on any atom is 0.332 e. The van der Waals surface area contributed by atoms with Crippen molar-refractivity contribution >= 4 is 29.3 Å². The van der Waals surface area contributed by atoms with E-state index in [1.165, 1.54) is 10.6 Å². The molecule has 0 unspecified atom stereocenters. The Labute approximate surface area is 133 Å². The Bertz CT molecular complexity index is 639. The summed E-state index contributed by atoms with van der Waals surface area (Å²) in [5.41, 5.74) is -0.480. The number of carbonyl (C=O) groups is 1. The molecule has 0 bridgehead atoms. The van der Waals surface area contributed by atoms with Gasteiger partial charge in [-0.05, 0) is 44.9 Å². The first-order valence-electron chi connectivity index (χ1n) is 7.38. The van der Waals surface area contributed by atoms with Crippen LogP contribution >= 0.6 is 6.89 Å². The fraction of sp³-hybridized carbons (Fsp3) is 0.263. The van der Waals surface area contributed by atoms with E-state index in [4.69, 9.17) is 4.74 Å². The average molecular weight is 314 g/mol. The maximum absolute atomic E-state index is 12.4. The average Bonchev–Trinajstić information content (AvgIpc) is 2.47. The zero-order chi connectivity index (χ0) is 16.2. The number of hydrogen-bond acceptors (Lipinski definition) is 2. The summed E-state index contributed by atoms with van der Waals surface area (Å²) in [7, 11) is 0. The predicted octanol–water partition coefficient (Wildman–Crippen LogP) is 3.43. The van der Waals surface area contributed by atoms with Crippen molar-refractivity contribution in [2.75, 3.05) is 6.66 Å². The van der Waals surface area contributed by atoms with Crippen LogP contribution in [0.15, 0.2) is 60.7 Å². The topological polar surface area (TPSA) is 26.3 Å². The normalized spacial score (nSPS) is 11.8. The SMILES string of the molecule is CC(C)(C)OC(=O)C=P(C)(c1ccccc1)c1ccccc1. The maximum atomic E-state index is 12.4. The first-order valence-corrected chi connectivity index (χ1v) is 9.68. The first kappa shape index (κ1) is 16.6. The predicted molar refractivity (Wildman–Crippen MR) is 96.9 cm³/mol. The molecule has 0 aliphatic heterocycles. The van der Waals surface area contributed by atoms with Crippen molar-refractivity contribution in [1.82, 2.24) is 0 Å². The van der Waals surface area contributed by atoms with E-state index in [1.54, 1.807) is 5.80 Å². The van der Waals surface area contributed by atoms with Crippen molar-refractivity contribution in [3.8, 4) is 0 Å². The fourth-order valence-corrected chi connectivity index (χ4v) is 4.97. The lowest BCUT2D eigenvalue weighted by molar-refractivity contribution is -0.145. The van der Waals surface area contributed by atoms with Crippen LogP contribution in [0.3, 0.4) is 0 Å². The molecule has 2 aromatic rings. The number of benzene rings is 2. The molecule has 0 spiro atoms. The van der Waals surface area contributed by atoms with E-state index < -0.39 is 12.5 Å². The van der Waals surface area contributed by atoms with Gasteiger partial charge in [0.15, 0.2) is 0 Å². The van der Waals surface area contributed by atoms with Crippen LogP contribution in [-0.2, 0) is 9.53 Å². The zero-order valence-electron chi connectivity index (χ0n) is 13.6. The Kier molecular flexibility index (Phi) is 4.93. The van der Waals surface area contributed by atoms with Crippen LogP contribution < -0.4 is 10.6 Å². The van der Waals surface area contributed by atoms with Gasteiger partial charge in [0.1, 0.15) is 5.60 Å². The van der Waals surface area contributed by atoms with E-state index in [0.717, 1.165) is 0 Å². The second-order valence-corrected chi connectivity index (χ2v) is 9.85. The van der Waals surface area contributed by atoms with Gasteiger partial charge < -0.3 is 4.74 Å². The summed E-state index contributed by atoms with van der Waals surface area (Å²) in [4.78, 5) is 12.4. The molecule has 3 heteroatoms. The molecule has 0 atom stereocenters. The van der Waals surface area contributed by atoms with Crippen molar-refractivity contribution in [1.29, 1.82) is 0 Å². The quantitative estimate of drug-likeness (QED) is 0.641. The van der Waals surface area contributed by atoms with E-state index >= 15 is 0 Å². The molecule has 0 amide bonds. The van der Waals surface area contributed by atoms with Gasteiger partial charge in [0, 0.05) is 5.80 Å². The summed E-state index contributed by atoms with van der Waals surface area (Å²) < 4.78 is 5.51. The fourth-order valence-electron chi connectivity index (χ4n) is 2.31. The van der Waals surface area contributed by atoms with Gasteiger partial charge in [-0.1, -0.05) is 60.7 Å². The third-order valence-electron chi connectivity index (χ3n) is 3.36. The zero-order valence-corrected chi connectivity index (χ0v) is 14.5. The van der Waals surface area contributed by atoms with Crippen LogP contribution in [0.2, 0.25) is 0 Å². The summed E-state index contributed by atoms with van der Waals surface area (Å²) in [6.07, 6.45) is 0. The summed E-state index contributed by atoms with van der Waals surface area (Å²) >= 11 is 0. The summed E-state index contributed by atoms with van der Waals surface area (Å²) in [6.45, 7) is 5.90. The molecule has 22 heavy (non-hydrogen) atoms. The van der Waals surface area contributed by atoms with E-state index in [1.807, 2.05) is 57.2 Å². The number of hydrogen-bond donors (Lipinski definition) is 0. The molecule has 2 aromatic carbocycles. The summed E-state index contributed by atoms with van der Waals surface area (Å²) in [5.74, 6) is 1.53. The molecule has 0 aromatic heterocycles. The van der Waals surface area contributed by atoms with Gasteiger partial charge in [-0.3, -0.25) is 0 Å². The van der Waals surface area contributed by atoms with Gasteiger partial charge in [0.2, 0.25) is 0 Å². The minimum Gasteiger partial charge on any atom is -0.457 e. The number of carbonyl (C=O) groups excluding carboxylic acids is 1. The van der Waals surface area contributed by atoms with Gasteiger partial charge in [0.05, 0.1) is 0 Å². The van der Waals surface area contributed by atoms with Crippen molar-refractivity contribution in [3.63, 3.8) is 0 Å². The summed E-state index contributed by atoms with van der Waals surface area (Å²) in [6, 6.07) is 20.4. The highest BCUT2D eigenvalue weighted by atomic mass is 31.2. The van der Waals surface area contributed by atoms with Crippen LogP contribution in [0.4, 0.5) is 0 Å². The van der Waals surface area contributed by atoms with Crippen LogP contribution in [-0.4, -0.2) is 24.0 Å². The van der Waals surface area contributed by atoms with Crippen LogP contribution in [0.1, 0.15) is 20.8 Å². The Balaban J connectivity index is 2.55. The molecule has 0 aliphatic carbocycles. The van der Waals surface area contributed by atoms with Gasteiger partial charge in [-0.2, -0.15) is 0 Å². The van der Waals surface area contributed by atoms with Crippen LogP contribution in [0, 0.1) is 0 Å². The molecule has 116 valence electrons. The van der Waals surface area contributed by atoms with Crippen LogP contribution in [0.25, 0.3) is 0 Å².